The van der Waals surface area contributed by atoms with E-state index in [0.717, 1.165) is 12.8 Å². The minimum absolute atomic E-state index is 0.0682. The molecule has 1 atom stereocenters. The van der Waals surface area contributed by atoms with Gasteiger partial charge in [0.2, 0.25) is 10.0 Å². The van der Waals surface area contributed by atoms with Crippen molar-refractivity contribution < 1.29 is 32.6 Å². The number of nitrogens with zero attached hydrogens (tertiary/aromatic N) is 4. The Morgan fingerprint density at radius 2 is 1.59 bits per heavy atom. The van der Waals surface area contributed by atoms with Gasteiger partial charge in [0.25, 0.3) is 17.6 Å². The van der Waals surface area contributed by atoms with Gasteiger partial charge in [0, 0.05) is 63.1 Å². The lowest BCUT2D eigenvalue weighted by Crippen LogP contribution is -2.53. The molecule has 0 saturated carbocycles. The number of amides is 2. The molecular formula is C29H32N4O7S. The number of carbonyl (C=O) groups excluding carboxylic acids is 3. The number of anilines is 1. The zero-order valence-corrected chi connectivity index (χ0v) is 23.6. The number of aliphatic hydroxyl groups excluding tert-OH is 1. The number of likely N-dealkylation sites (N-methyl/N-ethyl adjacent to an activating group) is 1. The lowest BCUT2D eigenvalue weighted by atomic mass is 9.82. The molecule has 0 radical (unpaired) electrons. The first kappa shape index (κ1) is 27.6. The zero-order valence-electron chi connectivity index (χ0n) is 22.8. The molecule has 0 bridgehead atoms. The number of morpholine rings is 1. The van der Waals surface area contributed by atoms with Gasteiger partial charge in [0.15, 0.2) is 5.54 Å². The average molecular weight is 581 g/mol. The van der Waals surface area contributed by atoms with Gasteiger partial charge in [-0.05, 0) is 43.2 Å². The summed E-state index contributed by atoms with van der Waals surface area (Å²) in [5.41, 5.74) is -1.06. The molecule has 2 aromatic carbocycles. The molecule has 2 aromatic rings. The third-order valence-electron chi connectivity index (χ3n) is 8.51. The fourth-order valence-corrected chi connectivity index (χ4v) is 7.86. The first-order valence-electron chi connectivity index (χ1n) is 13.8. The van der Waals surface area contributed by atoms with Crippen molar-refractivity contribution in [3.05, 3.63) is 65.2 Å². The molecule has 3 fully saturated rings. The van der Waals surface area contributed by atoms with E-state index < -0.39 is 38.9 Å². The summed E-state index contributed by atoms with van der Waals surface area (Å²) in [5, 5.41) is 11.6. The Morgan fingerprint density at radius 3 is 2.27 bits per heavy atom. The van der Waals surface area contributed by atoms with Crippen LogP contribution in [0.25, 0.3) is 5.76 Å². The number of ether oxygens (including phenoxy) is 1. The van der Waals surface area contributed by atoms with Crippen molar-refractivity contribution in [3.63, 3.8) is 0 Å². The number of para-hydroxylation sites is 1. The lowest BCUT2D eigenvalue weighted by molar-refractivity contribution is -0.144. The minimum Gasteiger partial charge on any atom is -0.507 e. The predicted molar refractivity (Wildman–Crippen MR) is 149 cm³/mol. The van der Waals surface area contributed by atoms with Gasteiger partial charge in [0.05, 0.1) is 23.7 Å². The first-order valence-corrected chi connectivity index (χ1v) is 15.2. The third kappa shape index (κ3) is 4.19. The molecule has 216 valence electrons. The largest absolute Gasteiger partial charge is 0.507 e. The highest BCUT2D eigenvalue weighted by Crippen LogP contribution is 2.53. The van der Waals surface area contributed by atoms with Gasteiger partial charge in [-0.25, -0.2) is 8.42 Å². The maximum atomic E-state index is 14.1. The van der Waals surface area contributed by atoms with Crippen LogP contribution in [0.4, 0.5) is 5.69 Å². The molecule has 12 heteroatoms. The van der Waals surface area contributed by atoms with Crippen molar-refractivity contribution in [2.45, 2.75) is 23.3 Å². The molecule has 6 rings (SSSR count). The number of benzene rings is 2. The van der Waals surface area contributed by atoms with Crippen molar-refractivity contribution in [1.82, 2.24) is 14.1 Å². The Labute approximate surface area is 238 Å². The Hall–Kier alpha value is -3.58. The molecule has 3 saturated heterocycles. The highest BCUT2D eigenvalue weighted by molar-refractivity contribution is 7.89. The number of fused-ring (bicyclic) bond motifs is 2. The predicted octanol–water partition coefficient (Wildman–Crippen LogP) is 1.36. The van der Waals surface area contributed by atoms with Crippen LogP contribution in [0.1, 0.15) is 24.0 Å². The molecule has 2 amide bonds. The number of carbonyl (C=O) groups is 3. The number of Topliss-reactive ketones (excluding diaryl/α,β-unsaturated/α-hetero) is 1. The standard InChI is InChI=1S/C29H32N4O7S/c1-30-23-7-3-2-6-22(23)29(28(30)37)24(26(35)27(36)33(29)15-14-31-16-18-40-19-17-31)25(34)20-8-10-21(11-9-20)41(38,39)32-12-4-5-13-32/h2-3,6-11,34H,4-5,12-19H2,1H3/b25-24-. The van der Waals surface area contributed by atoms with Crippen LogP contribution in [-0.2, 0) is 34.7 Å². The summed E-state index contributed by atoms with van der Waals surface area (Å²) in [6.45, 7) is 3.84. The van der Waals surface area contributed by atoms with Crippen LogP contribution < -0.4 is 4.90 Å². The van der Waals surface area contributed by atoms with E-state index in [1.807, 2.05) is 0 Å². The summed E-state index contributed by atoms with van der Waals surface area (Å²) in [6.07, 6.45) is 1.60. The van der Waals surface area contributed by atoms with Gasteiger partial charge in [-0.15, -0.1) is 0 Å². The van der Waals surface area contributed by atoms with E-state index in [2.05, 4.69) is 4.90 Å². The Kier molecular flexibility index (Phi) is 6.97. The second-order valence-corrected chi connectivity index (χ2v) is 12.6. The number of likely N-dealkylation sites (tertiary alicyclic amines) is 1. The van der Waals surface area contributed by atoms with Crippen LogP contribution in [0.2, 0.25) is 0 Å². The summed E-state index contributed by atoms with van der Waals surface area (Å²) in [7, 11) is -2.11. The van der Waals surface area contributed by atoms with E-state index in [4.69, 9.17) is 4.74 Å². The van der Waals surface area contributed by atoms with Gasteiger partial charge >= 0.3 is 0 Å². The van der Waals surface area contributed by atoms with Crippen molar-refractivity contribution >= 4 is 39.1 Å². The second kappa shape index (κ2) is 10.4. The first-order chi connectivity index (χ1) is 19.7. The summed E-state index contributed by atoms with van der Waals surface area (Å²) < 4.78 is 32.9. The highest BCUT2D eigenvalue weighted by Gasteiger charge is 2.66. The maximum absolute atomic E-state index is 14.1. The number of hydrogen-bond donors (Lipinski definition) is 1. The number of rotatable bonds is 6. The third-order valence-corrected chi connectivity index (χ3v) is 10.4. The zero-order chi connectivity index (χ0) is 28.9. The van der Waals surface area contributed by atoms with Gasteiger partial charge in [-0.1, -0.05) is 18.2 Å². The Balaban J connectivity index is 1.45. The van der Waals surface area contributed by atoms with Crippen LogP contribution in [-0.4, -0.2) is 105 Å². The number of aliphatic hydroxyl groups is 1. The number of sulfonamides is 1. The van der Waals surface area contributed by atoms with Gasteiger partial charge in [-0.3, -0.25) is 19.3 Å². The normalized spacial score (nSPS) is 25.0. The fourth-order valence-electron chi connectivity index (χ4n) is 6.34. The van der Waals surface area contributed by atoms with E-state index in [1.165, 1.54) is 38.4 Å². The maximum Gasteiger partial charge on any atom is 0.296 e. The van der Waals surface area contributed by atoms with E-state index in [-0.39, 0.29) is 22.6 Å². The lowest BCUT2D eigenvalue weighted by Gasteiger charge is -2.36. The Morgan fingerprint density at radius 1 is 0.927 bits per heavy atom. The van der Waals surface area contributed by atoms with Crippen LogP contribution in [0.3, 0.4) is 0 Å². The summed E-state index contributed by atoms with van der Waals surface area (Å²) >= 11 is 0. The van der Waals surface area contributed by atoms with E-state index >= 15 is 0 Å². The quantitative estimate of drug-likeness (QED) is 0.308. The number of hydrogen-bond acceptors (Lipinski definition) is 8. The summed E-state index contributed by atoms with van der Waals surface area (Å²) in [5.74, 6) is -2.88. The average Bonchev–Trinajstić information content (AvgIpc) is 3.67. The van der Waals surface area contributed by atoms with Crippen LogP contribution >= 0.6 is 0 Å². The Bertz CT molecular complexity index is 1540. The van der Waals surface area contributed by atoms with Crippen LogP contribution in [0, 0.1) is 0 Å². The van der Waals surface area contributed by atoms with Gasteiger partial charge in [0.1, 0.15) is 5.76 Å². The van der Waals surface area contributed by atoms with Gasteiger partial charge in [-0.2, -0.15) is 4.31 Å². The molecule has 0 aromatic heterocycles. The molecule has 4 aliphatic heterocycles. The molecule has 1 spiro atoms. The number of ketones is 1. The molecule has 4 aliphatic rings. The summed E-state index contributed by atoms with van der Waals surface area (Å²) in [4.78, 5) is 46.3. The smallest absolute Gasteiger partial charge is 0.296 e. The van der Waals surface area contributed by atoms with Crippen molar-refractivity contribution in [1.29, 1.82) is 0 Å². The molecule has 0 aliphatic carbocycles. The molecule has 4 heterocycles. The van der Waals surface area contributed by atoms with E-state index in [9.17, 15) is 27.9 Å². The second-order valence-electron chi connectivity index (χ2n) is 10.7. The van der Waals surface area contributed by atoms with Gasteiger partial charge < -0.3 is 19.6 Å². The minimum atomic E-state index is -3.69. The van der Waals surface area contributed by atoms with Crippen LogP contribution in [0.5, 0.6) is 0 Å². The highest BCUT2D eigenvalue weighted by atomic mass is 32.2. The van der Waals surface area contributed by atoms with Crippen molar-refractivity contribution in [2.24, 2.45) is 0 Å². The fraction of sp³-hybridized carbons (Fsp3) is 0.414. The molecule has 1 N–H and O–H groups in total. The SMILES string of the molecule is CN1C(=O)C2(/C(=C(\O)c3ccc(S(=O)(=O)N4CCCC4)cc3)C(=O)C(=O)N2CCN2CCOCC2)c2ccccc21. The van der Waals surface area contributed by atoms with Crippen LogP contribution in [0.15, 0.2) is 59.0 Å². The van der Waals surface area contributed by atoms with Crippen molar-refractivity contribution in [3.8, 4) is 0 Å². The monoisotopic (exact) mass is 580 g/mol. The molecule has 1 unspecified atom stereocenters. The van der Waals surface area contributed by atoms with E-state index in [0.29, 0.717) is 57.2 Å². The van der Waals surface area contributed by atoms with E-state index in [1.54, 1.807) is 31.3 Å². The molecule has 41 heavy (non-hydrogen) atoms. The topological polar surface area (TPSA) is 128 Å². The summed E-state index contributed by atoms with van der Waals surface area (Å²) in [6, 6.07) is 12.5. The molecule has 11 nitrogen and oxygen atoms in total. The molecular weight excluding hydrogens is 548 g/mol. The van der Waals surface area contributed by atoms with Crippen molar-refractivity contribution in [2.75, 3.05) is 64.4 Å².